The van der Waals surface area contributed by atoms with Crippen molar-refractivity contribution < 1.29 is 8.78 Å². The van der Waals surface area contributed by atoms with Gasteiger partial charge in [-0.15, -0.1) is 0 Å². The minimum absolute atomic E-state index is 0.0498. The van der Waals surface area contributed by atoms with Gasteiger partial charge in [0.25, 0.3) is 5.56 Å². The summed E-state index contributed by atoms with van der Waals surface area (Å²) in [6, 6.07) is 3.65. The third-order valence-corrected chi connectivity index (χ3v) is 3.36. The standard InChI is InChI=1S/C14H13F2N5O/c1-20(12-9(15)4-3-5-10(12)16)7-11-18-13-8(14(22)19-11)6-17-21(13)2/h3-6H,7H2,1-2H3,(H,18,19,22). The molecule has 0 atom stereocenters. The molecular weight excluding hydrogens is 292 g/mol. The number of fused-ring (bicyclic) bond motifs is 1. The van der Waals surface area contributed by atoms with E-state index in [4.69, 9.17) is 0 Å². The summed E-state index contributed by atoms with van der Waals surface area (Å²) in [6.45, 7) is 0.0498. The van der Waals surface area contributed by atoms with Gasteiger partial charge in [-0.25, -0.2) is 13.8 Å². The normalized spacial score (nSPS) is 11.1. The molecule has 2 heterocycles. The second-order valence-electron chi connectivity index (χ2n) is 4.94. The van der Waals surface area contributed by atoms with Gasteiger partial charge in [-0.05, 0) is 12.1 Å². The summed E-state index contributed by atoms with van der Waals surface area (Å²) < 4.78 is 29.0. The van der Waals surface area contributed by atoms with Crippen molar-refractivity contribution in [3.8, 4) is 0 Å². The highest BCUT2D eigenvalue weighted by atomic mass is 19.1. The van der Waals surface area contributed by atoms with Crippen LogP contribution < -0.4 is 10.5 Å². The highest BCUT2D eigenvalue weighted by Gasteiger charge is 2.15. The number of halogens is 2. The van der Waals surface area contributed by atoms with Gasteiger partial charge in [0.05, 0.1) is 12.7 Å². The lowest BCUT2D eigenvalue weighted by atomic mass is 10.2. The van der Waals surface area contributed by atoms with Gasteiger partial charge < -0.3 is 9.88 Å². The number of nitrogens with zero attached hydrogens (tertiary/aromatic N) is 4. The molecule has 0 aliphatic carbocycles. The van der Waals surface area contributed by atoms with E-state index in [0.717, 1.165) is 0 Å². The molecule has 6 nitrogen and oxygen atoms in total. The number of aromatic nitrogens is 4. The SMILES string of the molecule is CN(Cc1nc2c(cnn2C)c(=O)[nH]1)c1c(F)cccc1F. The maximum atomic E-state index is 13.8. The molecule has 1 aromatic carbocycles. The predicted octanol–water partition coefficient (Wildman–Crippen LogP) is 1.57. The number of benzene rings is 1. The summed E-state index contributed by atoms with van der Waals surface area (Å²) in [5.74, 6) is -1.05. The van der Waals surface area contributed by atoms with Crippen LogP contribution in [0.4, 0.5) is 14.5 Å². The summed E-state index contributed by atoms with van der Waals surface area (Å²) in [5.41, 5.74) is -0.0908. The molecule has 0 spiro atoms. The number of rotatable bonds is 3. The highest BCUT2D eigenvalue weighted by molar-refractivity contribution is 5.72. The van der Waals surface area contributed by atoms with Gasteiger partial charge in [0.2, 0.25) is 0 Å². The van der Waals surface area contributed by atoms with Crippen molar-refractivity contribution in [2.45, 2.75) is 6.54 Å². The van der Waals surface area contributed by atoms with E-state index in [0.29, 0.717) is 16.9 Å². The van der Waals surface area contributed by atoms with Crippen molar-refractivity contribution in [3.05, 3.63) is 52.2 Å². The van der Waals surface area contributed by atoms with Gasteiger partial charge in [0.1, 0.15) is 28.5 Å². The molecule has 0 aliphatic heterocycles. The third-order valence-electron chi connectivity index (χ3n) is 3.36. The van der Waals surface area contributed by atoms with Crippen LogP contribution in [0.15, 0.2) is 29.2 Å². The number of para-hydroxylation sites is 1. The van der Waals surface area contributed by atoms with E-state index in [9.17, 15) is 13.6 Å². The second kappa shape index (κ2) is 5.21. The Balaban J connectivity index is 1.99. The maximum absolute atomic E-state index is 13.8. The quantitative estimate of drug-likeness (QED) is 0.797. The Morgan fingerprint density at radius 1 is 1.32 bits per heavy atom. The molecule has 8 heteroatoms. The van der Waals surface area contributed by atoms with Gasteiger partial charge in [-0.1, -0.05) is 6.07 Å². The number of aromatic amines is 1. The molecule has 0 fully saturated rings. The van der Waals surface area contributed by atoms with Crippen molar-refractivity contribution >= 4 is 16.7 Å². The van der Waals surface area contributed by atoms with E-state index in [1.165, 1.54) is 41.0 Å². The van der Waals surface area contributed by atoms with Crippen LogP contribution >= 0.6 is 0 Å². The molecule has 2 aromatic heterocycles. The zero-order valence-corrected chi connectivity index (χ0v) is 12.0. The summed E-state index contributed by atoms with van der Waals surface area (Å²) in [6.07, 6.45) is 1.42. The molecule has 114 valence electrons. The average molecular weight is 305 g/mol. The van der Waals surface area contributed by atoms with Crippen LogP contribution in [0.25, 0.3) is 11.0 Å². The van der Waals surface area contributed by atoms with E-state index >= 15 is 0 Å². The highest BCUT2D eigenvalue weighted by Crippen LogP contribution is 2.22. The van der Waals surface area contributed by atoms with Gasteiger partial charge >= 0.3 is 0 Å². The monoisotopic (exact) mass is 305 g/mol. The largest absolute Gasteiger partial charge is 0.362 e. The first-order valence-electron chi connectivity index (χ1n) is 6.53. The van der Waals surface area contributed by atoms with Crippen LogP contribution in [0.2, 0.25) is 0 Å². The lowest BCUT2D eigenvalue weighted by molar-refractivity contribution is 0.575. The first-order chi connectivity index (χ1) is 10.5. The number of H-pyrrole nitrogens is 1. The van der Waals surface area contributed by atoms with Crippen molar-refractivity contribution in [3.63, 3.8) is 0 Å². The Hall–Kier alpha value is -2.77. The molecule has 0 bridgehead atoms. The fourth-order valence-corrected chi connectivity index (χ4v) is 2.31. The first kappa shape index (κ1) is 14.2. The van der Waals surface area contributed by atoms with Crippen molar-refractivity contribution in [1.29, 1.82) is 0 Å². The average Bonchev–Trinajstić information content (AvgIpc) is 2.81. The zero-order chi connectivity index (χ0) is 15.9. The molecule has 0 saturated carbocycles. The van der Waals surface area contributed by atoms with E-state index in [1.807, 2.05) is 0 Å². The molecule has 0 aliphatic rings. The van der Waals surface area contributed by atoms with Crippen LogP contribution in [0, 0.1) is 11.6 Å². The Morgan fingerprint density at radius 3 is 2.68 bits per heavy atom. The van der Waals surface area contributed by atoms with E-state index in [2.05, 4.69) is 15.1 Å². The molecule has 3 rings (SSSR count). The Kier molecular flexibility index (Phi) is 3.36. The van der Waals surface area contributed by atoms with Gasteiger partial charge in [0, 0.05) is 14.1 Å². The molecular formula is C14H13F2N5O. The van der Waals surface area contributed by atoms with Gasteiger partial charge in [-0.2, -0.15) is 5.10 Å². The fraction of sp³-hybridized carbons (Fsp3) is 0.214. The summed E-state index contributed by atoms with van der Waals surface area (Å²) >= 11 is 0. The lowest BCUT2D eigenvalue weighted by Gasteiger charge is -2.19. The topological polar surface area (TPSA) is 66.8 Å². The van der Waals surface area contributed by atoms with Gasteiger partial charge in [-0.3, -0.25) is 9.48 Å². The number of anilines is 1. The smallest absolute Gasteiger partial charge is 0.262 e. The molecule has 3 aromatic rings. The molecule has 0 radical (unpaired) electrons. The van der Waals surface area contributed by atoms with Crippen molar-refractivity contribution in [2.24, 2.45) is 7.05 Å². The Bertz CT molecular complexity index is 882. The third kappa shape index (κ3) is 2.32. The van der Waals surface area contributed by atoms with Crippen LogP contribution in [0.1, 0.15) is 5.82 Å². The van der Waals surface area contributed by atoms with Crippen molar-refractivity contribution in [2.75, 3.05) is 11.9 Å². The Morgan fingerprint density at radius 2 is 2.00 bits per heavy atom. The number of hydrogen-bond donors (Lipinski definition) is 1. The first-order valence-corrected chi connectivity index (χ1v) is 6.53. The van der Waals surface area contributed by atoms with E-state index in [-0.39, 0.29) is 17.8 Å². The summed E-state index contributed by atoms with van der Waals surface area (Å²) in [7, 11) is 3.19. The van der Waals surface area contributed by atoms with Gasteiger partial charge in [0.15, 0.2) is 5.65 Å². The van der Waals surface area contributed by atoms with Crippen molar-refractivity contribution in [1.82, 2.24) is 19.7 Å². The fourth-order valence-electron chi connectivity index (χ4n) is 2.31. The number of nitrogens with one attached hydrogen (secondary N) is 1. The molecule has 0 amide bonds. The Labute approximate surface area is 124 Å². The minimum atomic E-state index is -0.675. The minimum Gasteiger partial charge on any atom is -0.362 e. The molecule has 0 saturated heterocycles. The molecule has 1 N–H and O–H groups in total. The van der Waals surface area contributed by atoms with Crippen LogP contribution in [-0.4, -0.2) is 26.8 Å². The predicted molar refractivity (Wildman–Crippen MR) is 77.6 cm³/mol. The maximum Gasteiger partial charge on any atom is 0.262 e. The van der Waals surface area contributed by atoms with E-state index in [1.54, 1.807) is 7.05 Å². The lowest BCUT2D eigenvalue weighted by Crippen LogP contribution is -2.23. The number of aryl methyl sites for hydroxylation is 1. The molecule has 0 unspecified atom stereocenters. The zero-order valence-electron chi connectivity index (χ0n) is 12.0. The van der Waals surface area contributed by atoms with Crippen LogP contribution in [0.5, 0.6) is 0 Å². The summed E-state index contributed by atoms with van der Waals surface area (Å²) in [4.78, 5) is 20.2. The molecule has 22 heavy (non-hydrogen) atoms. The van der Waals surface area contributed by atoms with Crippen LogP contribution in [-0.2, 0) is 13.6 Å². The van der Waals surface area contributed by atoms with E-state index < -0.39 is 11.6 Å². The second-order valence-corrected chi connectivity index (χ2v) is 4.94. The number of hydrogen-bond acceptors (Lipinski definition) is 4. The summed E-state index contributed by atoms with van der Waals surface area (Å²) in [5, 5.41) is 4.33. The van der Waals surface area contributed by atoms with Crippen LogP contribution in [0.3, 0.4) is 0 Å².